The van der Waals surface area contributed by atoms with Crippen LogP contribution in [-0.2, 0) is 11.3 Å². The van der Waals surface area contributed by atoms with Crippen LogP contribution in [0.4, 0.5) is 0 Å². The van der Waals surface area contributed by atoms with Crippen molar-refractivity contribution in [3.8, 4) is 11.5 Å². The molecule has 1 aliphatic rings. The third kappa shape index (κ3) is 4.36. The summed E-state index contributed by atoms with van der Waals surface area (Å²) in [6.45, 7) is 7.39. The van der Waals surface area contributed by atoms with E-state index >= 15 is 0 Å². The molecule has 116 valence electrons. The van der Waals surface area contributed by atoms with E-state index in [1.165, 1.54) is 0 Å². The SMILES string of the molecule is CCN(Cc1ccc2c(c1)OCO2)C(=O)CCC(C)(C)N. The van der Waals surface area contributed by atoms with Gasteiger partial charge in [0.25, 0.3) is 0 Å². The lowest BCUT2D eigenvalue weighted by Crippen LogP contribution is -2.36. The Labute approximate surface area is 126 Å². The second kappa shape index (κ2) is 6.35. The molecule has 2 rings (SSSR count). The van der Waals surface area contributed by atoms with E-state index in [2.05, 4.69) is 0 Å². The number of fused-ring (bicyclic) bond motifs is 1. The van der Waals surface area contributed by atoms with Crippen LogP contribution >= 0.6 is 0 Å². The molecule has 1 amide bonds. The van der Waals surface area contributed by atoms with Crippen molar-refractivity contribution >= 4 is 5.91 Å². The Morgan fingerprint density at radius 3 is 2.71 bits per heavy atom. The van der Waals surface area contributed by atoms with Crippen molar-refractivity contribution in [3.05, 3.63) is 23.8 Å². The first-order valence-corrected chi connectivity index (χ1v) is 7.34. The van der Waals surface area contributed by atoms with E-state index in [0.29, 0.717) is 25.9 Å². The summed E-state index contributed by atoms with van der Waals surface area (Å²) in [7, 11) is 0. The standard InChI is InChI=1S/C16H24N2O3/c1-4-18(15(19)7-8-16(2,3)17)10-12-5-6-13-14(9-12)21-11-20-13/h5-6,9H,4,7-8,10-11,17H2,1-3H3. The van der Waals surface area contributed by atoms with E-state index in [9.17, 15) is 4.79 Å². The Balaban J connectivity index is 1.97. The van der Waals surface area contributed by atoms with Crippen LogP contribution in [0.5, 0.6) is 11.5 Å². The summed E-state index contributed by atoms with van der Waals surface area (Å²) in [6, 6.07) is 5.79. The van der Waals surface area contributed by atoms with E-state index in [1.54, 1.807) is 0 Å². The number of carbonyl (C=O) groups is 1. The Morgan fingerprint density at radius 1 is 1.33 bits per heavy atom. The van der Waals surface area contributed by atoms with Gasteiger partial charge in [-0.25, -0.2) is 0 Å². The minimum Gasteiger partial charge on any atom is -0.454 e. The van der Waals surface area contributed by atoms with Gasteiger partial charge < -0.3 is 20.1 Å². The maximum atomic E-state index is 12.3. The molecule has 1 heterocycles. The predicted molar refractivity (Wildman–Crippen MR) is 81.2 cm³/mol. The highest BCUT2D eigenvalue weighted by Gasteiger charge is 2.19. The smallest absolute Gasteiger partial charge is 0.231 e. The number of carbonyl (C=O) groups excluding carboxylic acids is 1. The van der Waals surface area contributed by atoms with Crippen LogP contribution in [0.2, 0.25) is 0 Å². The average molecular weight is 292 g/mol. The summed E-state index contributed by atoms with van der Waals surface area (Å²) in [4.78, 5) is 14.1. The number of amides is 1. The highest BCUT2D eigenvalue weighted by Crippen LogP contribution is 2.32. The van der Waals surface area contributed by atoms with Gasteiger partial charge in [0.15, 0.2) is 11.5 Å². The number of hydrogen-bond donors (Lipinski definition) is 1. The van der Waals surface area contributed by atoms with Gasteiger partial charge in [-0.05, 0) is 44.9 Å². The molecule has 0 saturated heterocycles. The van der Waals surface area contributed by atoms with Gasteiger partial charge in [0, 0.05) is 25.0 Å². The van der Waals surface area contributed by atoms with E-state index in [1.807, 2.05) is 43.9 Å². The Hall–Kier alpha value is -1.75. The zero-order valence-electron chi connectivity index (χ0n) is 13.0. The zero-order valence-corrected chi connectivity index (χ0v) is 13.0. The van der Waals surface area contributed by atoms with Gasteiger partial charge in [-0.2, -0.15) is 0 Å². The summed E-state index contributed by atoms with van der Waals surface area (Å²) in [5.41, 5.74) is 6.67. The molecule has 5 heteroatoms. The van der Waals surface area contributed by atoms with Gasteiger partial charge in [0.1, 0.15) is 0 Å². The molecule has 1 aliphatic heterocycles. The second-order valence-corrected chi connectivity index (χ2v) is 6.08. The van der Waals surface area contributed by atoms with E-state index in [0.717, 1.165) is 17.1 Å². The molecular formula is C16H24N2O3. The molecule has 2 N–H and O–H groups in total. The van der Waals surface area contributed by atoms with Gasteiger partial charge in [0.2, 0.25) is 12.7 Å². The molecule has 1 aromatic carbocycles. The summed E-state index contributed by atoms with van der Waals surface area (Å²) < 4.78 is 10.7. The van der Waals surface area contributed by atoms with Gasteiger partial charge in [-0.3, -0.25) is 4.79 Å². The van der Waals surface area contributed by atoms with Crippen molar-refractivity contribution in [2.75, 3.05) is 13.3 Å². The minimum atomic E-state index is -0.312. The van der Waals surface area contributed by atoms with Crippen molar-refractivity contribution < 1.29 is 14.3 Å². The molecule has 0 spiro atoms. The monoisotopic (exact) mass is 292 g/mol. The molecular weight excluding hydrogens is 268 g/mol. The molecule has 0 saturated carbocycles. The number of benzene rings is 1. The van der Waals surface area contributed by atoms with Crippen molar-refractivity contribution in [1.82, 2.24) is 4.90 Å². The molecule has 0 atom stereocenters. The normalized spacial score (nSPS) is 13.3. The molecule has 0 bridgehead atoms. The number of rotatable bonds is 6. The second-order valence-electron chi connectivity index (χ2n) is 6.08. The fourth-order valence-corrected chi connectivity index (χ4v) is 2.22. The fourth-order valence-electron chi connectivity index (χ4n) is 2.22. The maximum Gasteiger partial charge on any atom is 0.231 e. The van der Waals surface area contributed by atoms with Crippen LogP contribution in [0, 0.1) is 0 Å². The Kier molecular flexibility index (Phi) is 4.73. The summed E-state index contributed by atoms with van der Waals surface area (Å²) in [5, 5.41) is 0. The zero-order chi connectivity index (χ0) is 15.5. The van der Waals surface area contributed by atoms with Crippen LogP contribution in [0.15, 0.2) is 18.2 Å². The molecule has 0 fully saturated rings. The highest BCUT2D eigenvalue weighted by atomic mass is 16.7. The Bertz CT molecular complexity index is 509. The van der Waals surface area contributed by atoms with Crippen molar-refractivity contribution in [2.24, 2.45) is 5.73 Å². The van der Waals surface area contributed by atoms with Gasteiger partial charge in [-0.15, -0.1) is 0 Å². The van der Waals surface area contributed by atoms with E-state index < -0.39 is 0 Å². The lowest BCUT2D eigenvalue weighted by molar-refractivity contribution is -0.132. The van der Waals surface area contributed by atoms with Crippen LogP contribution < -0.4 is 15.2 Å². The van der Waals surface area contributed by atoms with Crippen molar-refractivity contribution in [3.63, 3.8) is 0 Å². The molecule has 0 radical (unpaired) electrons. The highest BCUT2D eigenvalue weighted by molar-refractivity contribution is 5.76. The summed E-state index contributed by atoms with van der Waals surface area (Å²) in [5.74, 6) is 1.64. The molecule has 0 unspecified atom stereocenters. The average Bonchev–Trinajstić information content (AvgIpc) is 2.88. The third-order valence-corrected chi connectivity index (χ3v) is 3.53. The summed E-state index contributed by atoms with van der Waals surface area (Å²) in [6.07, 6.45) is 1.16. The lowest BCUT2D eigenvalue weighted by atomic mass is 9.99. The first-order chi connectivity index (χ1) is 9.89. The first-order valence-electron chi connectivity index (χ1n) is 7.34. The van der Waals surface area contributed by atoms with Gasteiger partial charge in [0.05, 0.1) is 0 Å². The van der Waals surface area contributed by atoms with Crippen LogP contribution in [0.1, 0.15) is 39.2 Å². The first kappa shape index (κ1) is 15.6. The largest absolute Gasteiger partial charge is 0.454 e. The van der Waals surface area contributed by atoms with E-state index in [-0.39, 0.29) is 18.2 Å². The molecule has 21 heavy (non-hydrogen) atoms. The minimum absolute atomic E-state index is 0.133. The van der Waals surface area contributed by atoms with Gasteiger partial charge in [-0.1, -0.05) is 6.07 Å². The maximum absolute atomic E-state index is 12.3. The number of ether oxygens (including phenoxy) is 2. The molecule has 5 nitrogen and oxygen atoms in total. The van der Waals surface area contributed by atoms with Crippen molar-refractivity contribution in [1.29, 1.82) is 0 Å². The topological polar surface area (TPSA) is 64.8 Å². The lowest BCUT2D eigenvalue weighted by Gasteiger charge is -2.24. The van der Waals surface area contributed by atoms with Crippen LogP contribution in [0.3, 0.4) is 0 Å². The molecule has 0 aromatic heterocycles. The number of hydrogen-bond acceptors (Lipinski definition) is 4. The van der Waals surface area contributed by atoms with Crippen LogP contribution in [-0.4, -0.2) is 29.7 Å². The number of nitrogens with two attached hydrogens (primary N) is 1. The summed E-state index contributed by atoms with van der Waals surface area (Å²) >= 11 is 0. The third-order valence-electron chi connectivity index (χ3n) is 3.53. The molecule has 0 aliphatic carbocycles. The van der Waals surface area contributed by atoms with E-state index in [4.69, 9.17) is 15.2 Å². The predicted octanol–water partition coefficient (Wildman–Crippen LogP) is 2.28. The quantitative estimate of drug-likeness (QED) is 0.873. The number of nitrogens with zero attached hydrogens (tertiary/aromatic N) is 1. The molecule has 1 aromatic rings. The van der Waals surface area contributed by atoms with Crippen molar-refractivity contribution in [2.45, 2.75) is 45.7 Å². The Morgan fingerprint density at radius 2 is 2.05 bits per heavy atom. The fraction of sp³-hybridized carbons (Fsp3) is 0.562. The van der Waals surface area contributed by atoms with Gasteiger partial charge >= 0.3 is 0 Å². The van der Waals surface area contributed by atoms with Crippen LogP contribution in [0.25, 0.3) is 0 Å².